The Morgan fingerprint density at radius 3 is 2.10 bits per heavy atom. The largest absolute Gasteiger partial charge is 0.479 e. The summed E-state index contributed by atoms with van der Waals surface area (Å²) in [7, 11) is -5.87. The van der Waals surface area contributed by atoms with Crippen LogP contribution in [0.5, 0.6) is 0 Å². The average molecular weight is 1410 g/mol. The summed E-state index contributed by atoms with van der Waals surface area (Å²) in [4.78, 5) is 106. The highest BCUT2D eigenvalue weighted by atomic mass is 32.2. The molecule has 3 heterocycles. The lowest BCUT2D eigenvalue weighted by Crippen LogP contribution is -2.65. The Labute approximate surface area is 557 Å². The van der Waals surface area contributed by atoms with Crippen LogP contribution in [-0.2, 0) is 77.8 Å². The number of hydrogen-bond donors (Lipinski definition) is 12. The number of aliphatic carboxylic acids is 1. The number of carbonyl (C=O) groups is 6. The van der Waals surface area contributed by atoms with Crippen molar-refractivity contribution < 1.29 is 123 Å². The summed E-state index contributed by atoms with van der Waals surface area (Å²) in [5.74, 6) is -5.09. The molecule has 35 heteroatoms. The molecular formula is C62H83N5O28S2. The number of aliphatic hydroxyl groups excluding tert-OH is 5. The highest BCUT2D eigenvalue weighted by Gasteiger charge is 2.54. The van der Waals surface area contributed by atoms with Gasteiger partial charge in [0, 0.05) is 23.8 Å². The van der Waals surface area contributed by atoms with E-state index in [1.165, 1.54) is 32.0 Å². The summed E-state index contributed by atoms with van der Waals surface area (Å²) >= 11 is 0. The minimum Gasteiger partial charge on any atom is -0.479 e. The van der Waals surface area contributed by atoms with Crippen LogP contribution < -0.4 is 27.2 Å². The Morgan fingerprint density at radius 1 is 0.794 bits per heavy atom. The molecule has 0 radical (unpaired) electrons. The van der Waals surface area contributed by atoms with E-state index in [-0.39, 0.29) is 91.1 Å². The summed E-state index contributed by atoms with van der Waals surface area (Å²) in [6, 6.07) is 15.2. The summed E-state index contributed by atoms with van der Waals surface area (Å²) in [6.07, 6.45) is -16.6. The number of hydrogen-bond acceptors (Lipinski definition) is 27. The molecule has 3 aromatic carbocycles. The first-order valence-corrected chi connectivity index (χ1v) is 33.6. The number of aromatic nitrogens is 2. The van der Waals surface area contributed by atoms with Crippen molar-refractivity contribution in [1.29, 1.82) is 0 Å². The van der Waals surface area contributed by atoms with Crippen molar-refractivity contribution in [1.82, 2.24) is 20.6 Å². The smallest absolute Gasteiger partial charge is 0.425 e. The number of benzene rings is 3. The molecule has 4 aromatic rings. The lowest BCUT2D eigenvalue weighted by atomic mass is 9.78. The summed E-state index contributed by atoms with van der Waals surface area (Å²) in [5.41, 5.74) is -1.39. The summed E-state index contributed by atoms with van der Waals surface area (Å²) < 4.78 is 106. The van der Waals surface area contributed by atoms with E-state index in [9.17, 15) is 82.0 Å². The Balaban J connectivity index is 0.000000397. The van der Waals surface area contributed by atoms with E-state index in [2.05, 4.69) is 20.9 Å². The number of rotatable bonds is 28. The van der Waals surface area contributed by atoms with Crippen LogP contribution in [0.25, 0.3) is 10.8 Å². The van der Waals surface area contributed by atoms with Crippen molar-refractivity contribution in [2.24, 2.45) is 11.8 Å². The van der Waals surface area contributed by atoms with Gasteiger partial charge >= 0.3 is 28.2 Å². The Morgan fingerprint density at radius 2 is 1.47 bits per heavy atom. The van der Waals surface area contributed by atoms with Gasteiger partial charge in [0.05, 0.1) is 49.3 Å². The number of nitrogens with one attached hydrogen (secondary N) is 5. The Kier molecular flexibility index (Phi) is 30.6. The van der Waals surface area contributed by atoms with Crippen molar-refractivity contribution in [3.63, 3.8) is 0 Å². The van der Waals surface area contributed by atoms with E-state index in [4.69, 9.17) is 50.5 Å². The Bertz CT molecular complexity index is 3630. The van der Waals surface area contributed by atoms with Gasteiger partial charge in [-0.25, -0.2) is 14.4 Å². The van der Waals surface area contributed by atoms with Crippen molar-refractivity contribution in [3.05, 3.63) is 104 Å². The maximum Gasteiger partial charge on any atom is 0.425 e. The maximum absolute atomic E-state index is 14.0. The number of Topliss-reactive ketones (excluding diaryl/α,β-unsaturated/α-hetero) is 2. The molecular weight excluding hydrogens is 1330 g/mol. The summed E-state index contributed by atoms with van der Waals surface area (Å²) in [5, 5.41) is 74.1. The van der Waals surface area contributed by atoms with Crippen LogP contribution in [0.15, 0.2) is 81.2 Å². The topological polar surface area (TPSA) is 505 Å². The molecule has 12 N–H and O–H groups in total. The second-order valence-electron chi connectivity index (χ2n) is 23.7. The van der Waals surface area contributed by atoms with E-state index in [0.29, 0.717) is 23.9 Å². The first kappa shape index (κ1) is 78.8. The number of ketones is 2. The number of H-pyrrole nitrogens is 2. The van der Waals surface area contributed by atoms with Gasteiger partial charge in [-0.2, -0.15) is 8.42 Å². The maximum atomic E-state index is 14.0. The summed E-state index contributed by atoms with van der Waals surface area (Å²) in [6.45, 7) is 4.18. The van der Waals surface area contributed by atoms with Crippen molar-refractivity contribution >= 4 is 72.5 Å². The molecule has 1 aromatic heterocycles. The second kappa shape index (κ2) is 37.7. The number of fused-ring (bicyclic) bond motifs is 1. The number of carboxylic acid groups (broad SMARTS) is 1. The number of carboxylic acids is 1. The van der Waals surface area contributed by atoms with E-state index in [1.807, 2.05) is 4.98 Å². The normalized spacial score (nSPS) is 26.2. The molecule has 97 heavy (non-hydrogen) atoms. The molecule has 0 bridgehead atoms. The molecule has 14 unspecified atom stereocenters. The molecule has 2 aliphatic carbocycles. The second-order valence-corrected chi connectivity index (χ2v) is 25.5. The molecule has 2 saturated heterocycles. The monoisotopic (exact) mass is 1410 g/mol. The standard InChI is InChI=1S/C44H62N4O18.C18H21NO7S.O3S/c1-21-32(52)34(54)35(55)42(61-21)66-36-25(46-39(56)26-19-31(51)48-44(60)47-26)17-24(27(50)14-9-15-45-2)18-28(36)63-43-38(65-41(59)23-12-7-4-8-13-23)37(33(53)30(20-49)64-43)62-29(40(57)58)16-22-10-5-3-6-11-22;1-12-8-14-4-3-5-15(18(14)16(9-12)27(22,23)24)19-17(21)11-26-7-6-25-10-13(2)20;1-4(2)3/h4,7-8,12-13,19,21-22,24-25,28-30,32-38,42-43,45,49,52-55H,3,5-6,9-11,14-18,20H2,1-2H3,(H,46,56)(H,57,58)(H2,47,48,51,60);3-5,8-9H,6-7,10-11H2,1-2H3,(H,19,21)(H,22,23,24);/t21?,24?,25?,28?,29-,30?,32?,33?,34?,35?,36?,37?,38?,42?,43?;;/m0../s1. The molecule has 2 saturated carbocycles. The molecule has 4 aliphatic rings. The number of carbonyl (C=O) groups excluding carboxylic acids is 5. The molecule has 33 nitrogen and oxygen atoms in total. The molecule has 0 spiro atoms. The van der Waals surface area contributed by atoms with Gasteiger partial charge in [0.25, 0.3) is 21.6 Å². The van der Waals surface area contributed by atoms with Gasteiger partial charge in [0.1, 0.15) is 72.3 Å². The molecule has 2 aliphatic heterocycles. The van der Waals surface area contributed by atoms with E-state index >= 15 is 0 Å². The SMILES string of the molecule is CC(=O)COCCOCC(=O)Nc1cccc2cc(C)cc(S(=O)(=O)O)c12.CNCCCC(=O)C1CC(NC(=O)c2cc(=O)[nH]c(=O)[nH]2)C(OC2OC(C)C(O)C(O)C2O)C(OC2OC(CO)C(O)C(O[C@@H](CC3CCCCC3)C(=O)O)C2OC(=O)c2ccccc2)C1.O=S(=O)=O. The number of aromatic amines is 2. The first-order chi connectivity index (χ1) is 46.0. The number of aliphatic hydroxyl groups is 5. The highest BCUT2D eigenvalue weighted by molar-refractivity contribution is 7.86. The zero-order valence-electron chi connectivity index (χ0n) is 53.4. The number of anilines is 1. The fraction of sp³-hybridized carbons (Fsp3) is 0.581. The van der Waals surface area contributed by atoms with E-state index in [0.717, 1.165) is 38.2 Å². The van der Waals surface area contributed by atoms with Crippen LogP contribution >= 0.6 is 0 Å². The number of ether oxygens (including phenoxy) is 8. The fourth-order valence-corrected chi connectivity index (χ4v) is 12.5. The van der Waals surface area contributed by atoms with Crippen LogP contribution in [-0.4, -0.2) is 234 Å². The number of aryl methyl sites for hydroxylation is 1. The van der Waals surface area contributed by atoms with Crippen molar-refractivity contribution in [2.75, 3.05) is 51.9 Å². The van der Waals surface area contributed by atoms with Gasteiger partial charge in [0.2, 0.25) is 5.91 Å². The number of esters is 1. The minimum absolute atomic E-state index is 0.0105. The highest BCUT2D eigenvalue weighted by Crippen LogP contribution is 2.39. The third-order valence-electron chi connectivity index (χ3n) is 16.3. The quantitative estimate of drug-likeness (QED) is 0.0199. The molecule has 15 atom stereocenters. The number of amides is 2. The zero-order valence-corrected chi connectivity index (χ0v) is 55.1. The predicted molar refractivity (Wildman–Crippen MR) is 336 cm³/mol. The van der Waals surface area contributed by atoms with Crippen LogP contribution in [0.2, 0.25) is 0 Å². The fourth-order valence-electron chi connectivity index (χ4n) is 11.7. The van der Waals surface area contributed by atoms with Crippen molar-refractivity contribution in [3.8, 4) is 0 Å². The van der Waals surface area contributed by atoms with Crippen LogP contribution in [0, 0.1) is 18.8 Å². The van der Waals surface area contributed by atoms with Gasteiger partial charge in [-0.1, -0.05) is 68.5 Å². The van der Waals surface area contributed by atoms with Crippen LogP contribution in [0.4, 0.5) is 5.69 Å². The van der Waals surface area contributed by atoms with Crippen molar-refractivity contribution in [2.45, 2.75) is 176 Å². The molecule has 8 rings (SSSR count). The predicted octanol–water partition coefficient (Wildman–Crippen LogP) is -0.198. The van der Waals surface area contributed by atoms with Crippen LogP contribution in [0.3, 0.4) is 0 Å². The zero-order chi connectivity index (χ0) is 71.3. The van der Waals surface area contributed by atoms with E-state index in [1.54, 1.807) is 56.4 Å². The molecule has 4 fully saturated rings. The molecule has 2 amide bonds. The van der Waals surface area contributed by atoms with Gasteiger partial charge in [-0.3, -0.25) is 33.5 Å². The van der Waals surface area contributed by atoms with Gasteiger partial charge in [-0.15, -0.1) is 12.6 Å². The third kappa shape index (κ3) is 23.5. The van der Waals surface area contributed by atoms with Gasteiger partial charge < -0.3 is 89.5 Å². The minimum atomic E-state index is -4.47. The Hall–Kier alpha value is -7.17. The molecule has 536 valence electrons. The lowest BCUT2D eigenvalue weighted by Gasteiger charge is -2.49. The lowest BCUT2D eigenvalue weighted by molar-refractivity contribution is -0.347. The average Bonchev–Trinajstić information content (AvgIpc) is 0.783. The van der Waals surface area contributed by atoms with E-state index < -0.39 is 160 Å². The van der Waals surface area contributed by atoms with Crippen LogP contribution in [0.1, 0.15) is 104 Å². The third-order valence-corrected chi connectivity index (χ3v) is 17.2. The van der Waals surface area contributed by atoms with Gasteiger partial charge in [0.15, 0.2) is 30.6 Å². The first-order valence-electron chi connectivity index (χ1n) is 31.1. The van der Waals surface area contributed by atoms with Gasteiger partial charge in [-0.05, 0) is 101 Å².